The number of hydrogen-bond acceptors (Lipinski definition) is 5. The summed E-state index contributed by atoms with van der Waals surface area (Å²) in [7, 11) is 0. The summed E-state index contributed by atoms with van der Waals surface area (Å²) in [5, 5.41) is 12.1. The zero-order chi connectivity index (χ0) is 30.0. The van der Waals surface area contributed by atoms with Gasteiger partial charge in [-0.2, -0.15) is 0 Å². The van der Waals surface area contributed by atoms with Gasteiger partial charge >= 0.3 is 35.5 Å². The Bertz CT molecular complexity index is 1510. The van der Waals surface area contributed by atoms with Crippen molar-refractivity contribution in [2.24, 2.45) is 0 Å². The molecule has 2 amide bonds. The molecule has 5 rings (SSSR count). The number of amides is 2. The Morgan fingerprint density at radius 3 is 2.02 bits per heavy atom. The van der Waals surface area contributed by atoms with Gasteiger partial charge in [-0.05, 0) is 46.9 Å². The molecule has 9 heteroatoms. The van der Waals surface area contributed by atoms with Gasteiger partial charge in [-0.15, -0.1) is 0 Å². The number of nitrogens with zero attached hydrogens (tertiary/aromatic N) is 2. The summed E-state index contributed by atoms with van der Waals surface area (Å²) < 4.78 is 5.51. The average Bonchev–Trinajstić information content (AvgIpc) is 3.03. The second kappa shape index (κ2) is 16.3. The maximum Gasteiger partial charge on any atom is 1.00 e. The van der Waals surface area contributed by atoms with E-state index in [1.54, 1.807) is 29.2 Å². The molecule has 0 radical (unpaired) electrons. The van der Waals surface area contributed by atoms with Gasteiger partial charge in [0.05, 0.1) is 11.6 Å². The van der Waals surface area contributed by atoms with Gasteiger partial charge in [0.15, 0.2) is 0 Å². The van der Waals surface area contributed by atoms with Crippen LogP contribution in [0.3, 0.4) is 0 Å². The molecule has 1 aliphatic rings. The fourth-order valence-electron chi connectivity index (χ4n) is 5.45. The van der Waals surface area contributed by atoms with Crippen LogP contribution in [0.5, 0.6) is 0 Å². The number of carboxylic acids is 1. The molecule has 0 saturated carbocycles. The van der Waals surface area contributed by atoms with Gasteiger partial charge in [-0.25, -0.2) is 4.79 Å². The Morgan fingerprint density at radius 2 is 1.39 bits per heavy atom. The molecule has 8 nitrogen and oxygen atoms in total. The number of carboxylic acid groups (broad SMARTS) is 1. The SMILES string of the molecule is O=C(COCC(=O)N1CCN(C(c2ccccc2)c2ccccc2)CC1)Nc1ccccc1Cc1cccc(C(=O)O)c1.[H-].[Na+]. The van der Waals surface area contributed by atoms with E-state index in [2.05, 4.69) is 58.7 Å². The average molecular weight is 602 g/mol. The van der Waals surface area contributed by atoms with Crippen molar-refractivity contribution in [3.8, 4) is 0 Å². The van der Waals surface area contributed by atoms with Crippen LogP contribution < -0.4 is 34.9 Å². The number of carbonyl (C=O) groups is 3. The molecule has 1 saturated heterocycles. The first-order valence-corrected chi connectivity index (χ1v) is 14.4. The molecule has 0 aromatic heterocycles. The molecule has 2 N–H and O–H groups in total. The van der Waals surface area contributed by atoms with Crippen LogP contribution in [0, 0.1) is 0 Å². The Balaban J connectivity index is 0.00000276. The number of aromatic carboxylic acids is 1. The standard InChI is InChI=1S/C35H35N3O5.Na.H/c39-32(36-31-17-8-7-15-29(31)22-26-10-9-16-30(23-26)35(41)42)24-43-25-33(40)37-18-20-38(21-19-37)34(27-11-3-1-4-12-27)28-13-5-2-6-14-28;;/h1-17,23,34H,18-22,24-25H2,(H,36,39)(H,41,42);;/q;+1;-1. The van der Waals surface area contributed by atoms with Crippen molar-refractivity contribution in [2.45, 2.75) is 12.5 Å². The van der Waals surface area contributed by atoms with E-state index in [-0.39, 0.29) is 67.6 Å². The quantitative estimate of drug-likeness (QED) is 0.255. The van der Waals surface area contributed by atoms with E-state index in [4.69, 9.17) is 4.74 Å². The minimum absolute atomic E-state index is 0. The number of hydrogen-bond donors (Lipinski definition) is 2. The molecule has 1 aliphatic heterocycles. The van der Waals surface area contributed by atoms with E-state index in [1.165, 1.54) is 11.1 Å². The summed E-state index contributed by atoms with van der Waals surface area (Å²) in [6.07, 6.45) is 0.457. The molecule has 1 heterocycles. The smallest absolute Gasteiger partial charge is 1.00 e. The van der Waals surface area contributed by atoms with E-state index in [0.717, 1.165) is 24.2 Å². The van der Waals surface area contributed by atoms with Crippen molar-refractivity contribution in [1.82, 2.24) is 9.80 Å². The van der Waals surface area contributed by atoms with Crippen molar-refractivity contribution in [2.75, 3.05) is 44.7 Å². The second-order valence-electron chi connectivity index (χ2n) is 10.5. The number of anilines is 1. The van der Waals surface area contributed by atoms with E-state index < -0.39 is 5.97 Å². The summed E-state index contributed by atoms with van der Waals surface area (Å²) in [5.74, 6) is -1.49. The van der Waals surface area contributed by atoms with Crippen LogP contribution in [0.1, 0.15) is 40.1 Å². The van der Waals surface area contributed by atoms with E-state index >= 15 is 0 Å². The normalized spacial score (nSPS) is 13.2. The first kappa shape index (κ1) is 33.1. The number of para-hydroxylation sites is 1. The van der Waals surface area contributed by atoms with Crippen LogP contribution in [0.2, 0.25) is 0 Å². The Kier molecular flexibility index (Phi) is 12.3. The van der Waals surface area contributed by atoms with Gasteiger partial charge in [0.25, 0.3) is 0 Å². The third kappa shape index (κ3) is 8.87. The largest absolute Gasteiger partial charge is 1.00 e. The van der Waals surface area contributed by atoms with E-state index in [9.17, 15) is 19.5 Å². The molecule has 0 unspecified atom stereocenters. The van der Waals surface area contributed by atoms with Crippen molar-refractivity contribution >= 4 is 23.5 Å². The predicted octanol–water partition coefficient (Wildman–Crippen LogP) is 1.98. The third-order valence-electron chi connectivity index (χ3n) is 7.58. The Labute approximate surface area is 281 Å². The summed E-state index contributed by atoms with van der Waals surface area (Å²) in [5.41, 5.74) is 4.94. The number of benzene rings is 4. The molecule has 0 spiro atoms. The third-order valence-corrected chi connectivity index (χ3v) is 7.58. The molecule has 0 aliphatic carbocycles. The minimum Gasteiger partial charge on any atom is -1.00 e. The molecule has 4 aromatic rings. The fourth-order valence-corrected chi connectivity index (χ4v) is 5.45. The zero-order valence-corrected chi connectivity index (χ0v) is 26.9. The molecular formula is C35H36N3NaO5. The van der Waals surface area contributed by atoms with Gasteiger partial charge < -0.3 is 21.5 Å². The number of rotatable bonds is 11. The Morgan fingerprint density at radius 1 is 0.773 bits per heavy atom. The van der Waals surface area contributed by atoms with Crippen molar-refractivity contribution in [3.63, 3.8) is 0 Å². The maximum absolute atomic E-state index is 12.9. The zero-order valence-electron chi connectivity index (χ0n) is 25.9. The molecule has 44 heavy (non-hydrogen) atoms. The fraction of sp³-hybridized carbons (Fsp3) is 0.229. The van der Waals surface area contributed by atoms with Crippen LogP contribution in [-0.4, -0.2) is 72.1 Å². The first-order chi connectivity index (χ1) is 21.0. The number of nitrogens with one attached hydrogen (secondary N) is 1. The molecule has 0 atom stereocenters. The summed E-state index contributed by atoms with van der Waals surface area (Å²) >= 11 is 0. The van der Waals surface area contributed by atoms with Crippen LogP contribution in [-0.2, 0) is 20.7 Å². The molecular weight excluding hydrogens is 565 g/mol. The maximum atomic E-state index is 12.9. The summed E-state index contributed by atoms with van der Waals surface area (Å²) in [6, 6.07) is 35.0. The van der Waals surface area contributed by atoms with E-state index in [1.807, 2.05) is 36.4 Å². The number of carbonyl (C=O) groups excluding carboxylic acids is 2. The summed E-state index contributed by atoms with van der Waals surface area (Å²) in [6.45, 7) is 2.21. The van der Waals surface area contributed by atoms with Gasteiger partial charge in [0, 0.05) is 31.9 Å². The first-order valence-electron chi connectivity index (χ1n) is 14.4. The van der Waals surface area contributed by atoms with Crippen molar-refractivity contribution < 1.29 is 55.2 Å². The summed E-state index contributed by atoms with van der Waals surface area (Å²) in [4.78, 5) is 41.1. The number of piperazine rings is 1. The van der Waals surface area contributed by atoms with Crippen LogP contribution in [0.25, 0.3) is 0 Å². The molecule has 1 fully saturated rings. The minimum atomic E-state index is -0.986. The van der Waals surface area contributed by atoms with Crippen molar-refractivity contribution in [3.05, 3.63) is 137 Å². The monoisotopic (exact) mass is 601 g/mol. The van der Waals surface area contributed by atoms with Gasteiger partial charge in [0.1, 0.15) is 13.2 Å². The molecule has 4 aromatic carbocycles. The van der Waals surface area contributed by atoms with Crippen molar-refractivity contribution in [1.29, 1.82) is 0 Å². The van der Waals surface area contributed by atoms with Gasteiger partial charge in [-0.3, -0.25) is 14.5 Å². The van der Waals surface area contributed by atoms with Crippen LogP contribution in [0.15, 0.2) is 109 Å². The van der Waals surface area contributed by atoms with Crippen LogP contribution >= 0.6 is 0 Å². The number of ether oxygens (including phenoxy) is 1. The van der Waals surface area contributed by atoms with E-state index in [0.29, 0.717) is 25.2 Å². The second-order valence-corrected chi connectivity index (χ2v) is 10.5. The van der Waals surface area contributed by atoms with Gasteiger partial charge in [0.2, 0.25) is 11.8 Å². The predicted molar refractivity (Wildman–Crippen MR) is 166 cm³/mol. The van der Waals surface area contributed by atoms with Gasteiger partial charge in [-0.1, -0.05) is 91.0 Å². The topological polar surface area (TPSA) is 99.2 Å². The molecule has 222 valence electrons. The Hall–Kier alpha value is -3.79. The van der Waals surface area contributed by atoms with Crippen LogP contribution in [0.4, 0.5) is 5.69 Å². The molecule has 0 bridgehead atoms.